The summed E-state index contributed by atoms with van der Waals surface area (Å²) in [5, 5.41) is 3.24. The van der Waals surface area contributed by atoms with Crippen molar-refractivity contribution < 1.29 is 22.7 Å². The second-order valence-corrected chi connectivity index (χ2v) is 13.9. The van der Waals surface area contributed by atoms with Crippen molar-refractivity contribution >= 4 is 39.1 Å². The molecule has 0 saturated heterocycles. The van der Waals surface area contributed by atoms with E-state index in [0.717, 1.165) is 26.6 Å². The number of aryl methyl sites for hydroxylation is 2. The van der Waals surface area contributed by atoms with Gasteiger partial charge in [0.15, 0.2) is 0 Å². The lowest BCUT2D eigenvalue weighted by Gasteiger charge is -2.34. The predicted molar refractivity (Wildman–Crippen MR) is 187 cm³/mol. The fourth-order valence-corrected chi connectivity index (χ4v) is 6.84. The molecule has 0 spiro atoms. The quantitative estimate of drug-likeness (QED) is 0.160. The zero-order chi connectivity index (χ0) is 34.1. The highest BCUT2D eigenvalue weighted by Gasteiger charge is 2.35. The van der Waals surface area contributed by atoms with Crippen LogP contribution in [0.3, 0.4) is 0 Å². The van der Waals surface area contributed by atoms with Crippen LogP contribution in [0.1, 0.15) is 42.5 Å². The van der Waals surface area contributed by atoms with Crippen molar-refractivity contribution in [3.8, 4) is 5.75 Å². The minimum atomic E-state index is -4.26. The van der Waals surface area contributed by atoms with E-state index in [1.54, 1.807) is 24.3 Å². The number of carbonyl (C=O) groups is 2. The van der Waals surface area contributed by atoms with E-state index in [-0.39, 0.29) is 40.5 Å². The average molecular weight is 676 g/mol. The number of ether oxygens (including phenoxy) is 1. The summed E-state index contributed by atoms with van der Waals surface area (Å²) in [5.74, 6) is -0.501. The number of methoxy groups -OCH3 is 1. The second-order valence-electron chi connectivity index (χ2n) is 11.7. The van der Waals surface area contributed by atoms with E-state index >= 15 is 0 Å². The Morgan fingerprint density at radius 2 is 1.55 bits per heavy atom. The van der Waals surface area contributed by atoms with Crippen molar-refractivity contribution in [1.29, 1.82) is 0 Å². The number of benzene rings is 4. The van der Waals surface area contributed by atoms with Gasteiger partial charge >= 0.3 is 0 Å². The minimum absolute atomic E-state index is 0.0171. The summed E-state index contributed by atoms with van der Waals surface area (Å²) in [6, 6.07) is 27.1. The normalized spacial score (nSPS) is 12.6. The monoisotopic (exact) mass is 675 g/mol. The number of hydrogen-bond donors (Lipinski definition) is 1. The van der Waals surface area contributed by atoms with Crippen molar-refractivity contribution in [1.82, 2.24) is 10.2 Å². The molecule has 47 heavy (non-hydrogen) atoms. The van der Waals surface area contributed by atoms with Crippen molar-refractivity contribution in [2.24, 2.45) is 0 Å². The molecule has 0 bridgehead atoms. The minimum Gasteiger partial charge on any atom is -0.495 e. The maximum absolute atomic E-state index is 14.6. The molecule has 4 rings (SSSR count). The van der Waals surface area contributed by atoms with Crippen molar-refractivity contribution in [3.63, 3.8) is 0 Å². The number of nitrogens with zero attached hydrogens (tertiary/aromatic N) is 2. The number of anilines is 1. The largest absolute Gasteiger partial charge is 0.495 e. The van der Waals surface area contributed by atoms with Crippen LogP contribution in [-0.4, -0.2) is 50.9 Å². The van der Waals surface area contributed by atoms with Gasteiger partial charge in [-0.2, -0.15) is 0 Å². The lowest BCUT2D eigenvalue weighted by atomic mass is 10.0. The highest BCUT2D eigenvalue weighted by atomic mass is 35.5. The molecule has 10 heteroatoms. The number of hydrogen-bond acceptors (Lipinski definition) is 5. The third kappa shape index (κ3) is 9.14. The lowest BCUT2D eigenvalue weighted by molar-refractivity contribution is -0.140. The predicted octanol–water partition coefficient (Wildman–Crippen LogP) is 6.72. The topological polar surface area (TPSA) is 96.0 Å². The number of nitrogens with one attached hydrogen (secondary N) is 1. The van der Waals surface area contributed by atoms with Crippen LogP contribution in [0.2, 0.25) is 5.02 Å². The number of halogens is 1. The number of amides is 2. The summed E-state index contributed by atoms with van der Waals surface area (Å²) in [4.78, 5) is 30.1. The molecule has 248 valence electrons. The van der Waals surface area contributed by atoms with Crippen LogP contribution in [0.25, 0.3) is 0 Å². The molecular formula is C37H42ClN3O5S. The molecule has 0 saturated carbocycles. The average Bonchev–Trinajstić information content (AvgIpc) is 3.05. The van der Waals surface area contributed by atoms with Gasteiger partial charge in [0.25, 0.3) is 10.0 Å². The second kappa shape index (κ2) is 16.0. The molecule has 4 aromatic carbocycles. The molecule has 4 aromatic rings. The van der Waals surface area contributed by atoms with E-state index in [1.165, 1.54) is 30.2 Å². The van der Waals surface area contributed by atoms with Gasteiger partial charge in [0, 0.05) is 19.0 Å². The van der Waals surface area contributed by atoms with Crippen LogP contribution in [0.4, 0.5) is 5.69 Å². The standard InChI is InChI=1S/C37H42ClN3O5S/c1-6-28(4)39-37(43)34(22-29-12-8-7-9-13-29)40(24-30-14-10-11-27(3)21-30)36(42)25-41(31-17-20-35(46-5)33(38)23-31)47(44,45)32-18-15-26(2)16-19-32/h7-21,23,28,34H,6,22,24-25H2,1-5H3,(H,39,43). The Kier molecular flexibility index (Phi) is 12.1. The molecule has 0 heterocycles. The fraction of sp³-hybridized carbons (Fsp3) is 0.297. The Hall–Kier alpha value is -4.34. The highest BCUT2D eigenvalue weighted by Crippen LogP contribution is 2.32. The van der Waals surface area contributed by atoms with Gasteiger partial charge in [0.1, 0.15) is 18.3 Å². The highest BCUT2D eigenvalue weighted by molar-refractivity contribution is 7.92. The van der Waals surface area contributed by atoms with Crippen LogP contribution in [0, 0.1) is 13.8 Å². The van der Waals surface area contributed by atoms with Gasteiger partial charge in [-0.05, 0) is 68.7 Å². The molecule has 0 aromatic heterocycles. The SMILES string of the molecule is CCC(C)NC(=O)C(Cc1ccccc1)N(Cc1cccc(C)c1)C(=O)CN(c1ccc(OC)c(Cl)c1)S(=O)(=O)c1ccc(C)cc1. The van der Waals surface area contributed by atoms with Crippen LogP contribution in [0.15, 0.2) is 102 Å². The first-order valence-electron chi connectivity index (χ1n) is 15.5. The van der Waals surface area contributed by atoms with Gasteiger partial charge in [0.2, 0.25) is 11.8 Å². The molecule has 2 amide bonds. The number of sulfonamides is 1. The zero-order valence-electron chi connectivity index (χ0n) is 27.4. The van der Waals surface area contributed by atoms with Gasteiger partial charge in [-0.25, -0.2) is 8.42 Å². The smallest absolute Gasteiger partial charge is 0.264 e. The molecule has 8 nitrogen and oxygen atoms in total. The zero-order valence-corrected chi connectivity index (χ0v) is 29.0. The Balaban J connectivity index is 1.83. The van der Waals surface area contributed by atoms with Gasteiger partial charge in [0.05, 0.1) is 22.7 Å². The summed E-state index contributed by atoms with van der Waals surface area (Å²) in [7, 11) is -2.79. The molecule has 0 aliphatic carbocycles. The van der Waals surface area contributed by atoms with Gasteiger partial charge in [-0.1, -0.05) is 96.4 Å². The van der Waals surface area contributed by atoms with Crippen molar-refractivity contribution in [2.45, 2.75) is 64.1 Å². The molecule has 1 N–H and O–H groups in total. The van der Waals surface area contributed by atoms with E-state index in [4.69, 9.17) is 16.3 Å². The summed E-state index contributed by atoms with van der Waals surface area (Å²) >= 11 is 6.46. The molecule has 0 fully saturated rings. The maximum atomic E-state index is 14.6. The van der Waals surface area contributed by atoms with E-state index in [1.807, 2.05) is 82.3 Å². The lowest BCUT2D eigenvalue weighted by Crippen LogP contribution is -2.54. The molecule has 0 aliphatic rings. The van der Waals surface area contributed by atoms with Crippen molar-refractivity contribution in [2.75, 3.05) is 18.0 Å². The summed E-state index contributed by atoms with van der Waals surface area (Å²) in [5.41, 5.74) is 3.75. The van der Waals surface area contributed by atoms with E-state index in [9.17, 15) is 18.0 Å². The first kappa shape index (κ1) is 35.5. The summed E-state index contributed by atoms with van der Waals surface area (Å²) in [6.45, 7) is 7.21. The summed E-state index contributed by atoms with van der Waals surface area (Å²) < 4.78 is 34.8. The molecule has 0 radical (unpaired) electrons. The number of rotatable bonds is 14. The molecule has 0 aliphatic heterocycles. The fourth-order valence-electron chi connectivity index (χ4n) is 5.18. The first-order valence-corrected chi connectivity index (χ1v) is 17.4. The summed E-state index contributed by atoms with van der Waals surface area (Å²) in [6.07, 6.45) is 0.941. The number of carbonyl (C=O) groups excluding carboxylic acids is 2. The van der Waals surface area contributed by atoms with Gasteiger partial charge in [-0.3, -0.25) is 13.9 Å². The third-order valence-electron chi connectivity index (χ3n) is 8.02. The van der Waals surface area contributed by atoms with Crippen LogP contribution in [0.5, 0.6) is 5.75 Å². The molecule has 2 unspecified atom stereocenters. The maximum Gasteiger partial charge on any atom is 0.264 e. The van der Waals surface area contributed by atoms with E-state index in [2.05, 4.69) is 5.32 Å². The Morgan fingerprint density at radius 3 is 2.17 bits per heavy atom. The first-order chi connectivity index (χ1) is 22.4. The Labute approximate surface area is 283 Å². The Morgan fingerprint density at radius 1 is 0.872 bits per heavy atom. The van der Waals surface area contributed by atoms with Crippen LogP contribution in [-0.2, 0) is 32.6 Å². The molecule has 2 atom stereocenters. The van der Waals surface area contributed by atoms with E-state index in [0.29, 0.717) is 12.2 Å². The van der Waals surface area contributed by atoms with Gasteiger partial charge < -0.3 is 15.0 Å². The van der Waals surface area contributed by atoms with Crippen LogP contribution >= 0.6 is 11.6 Å². The van der Waals surface area contributed by atoms with E-state index < -0.39 is 28.5 Å². The van der Waals surface area contributed by atoms with Crippen LogP contribution < -0.4 is 14.4 Å². The van der Waals surface area contributed by atoms with Gasteiger partial charge in [-0.15, -0.1) is 0 Å². The van der Waals surface area contributed by atoms with Crippen molar-refractivity contribution in [3.05, 3.63) is 124 Å². The Bertz CT molecular complexity index is 1780. The third-order valence-corrected chi connectivity index (χ3v) is 10.1. The molecular weight excluding hydrogens is 634 g/mol.